The zero-order chi connectivity index (χ0) is 7.40. The molecule has 0 fully saturated rings. The summed E-state index contributed by atoms with van der Waals surface area (Å²) in [4.78, 5) is 10.8. The van der Waals surface area contributed by atoms with Crippen LogP contribution in [0.25, 0.3) is 0 Å². The second kappa shape index (κ2) is 5.25. The van der Waals surface area contributed by atoms with Crippen molar-refractivity contribution < 1.29 is 9.53 Å². The maximum atomic E-state index is 10.8. The number of methoxy groups -OCH3 is 1. The van der Waals surface area contributed by atoms with Gasteiger partial charge in [-0.15, -0.1) is 0 Å². The molecule has 0 amide bonds. The van der Waals surface area contributed by atoms with E-state index in [1.807, 2.05) is 6.07 Å². The Morgan fingerprint density at radius 1 is 1.27 bits per heavy atom. The molecule has 11 heavy (non-hydrogen) atoms. The van der Waals surface area contributed by atoms with E-state index in [2.05, 4.69) is 4.74 Å². The first-order chi connectivity index (χ1) is 4.84. The number of rotatable bonds is 1. The van der Waals surface area contributed by atoms with E-state index < -0.39 is 0 Å². The third kappa shape index (κ3) is 2.98. The minimum absolute atomic E-state index is 0. The van der Waals surface area contributed by atoms with Crippen molar-refractivity contribution in [1.82, 2.24) is 0 Å². The Morgan fingerprint density at radius 2 is 1.82 bits per heavy atom. The monoisotopic (exact) mass is 345 g/mol. The summed E-state index contributed by atoms with van der Waals surface area (Å²) in [5.74, 6) is -0.291. The maximum Gasteiger partial charge on any atom is 0.337 e. The Bertz CT molecular complexity index is 221. The molecule has 0 saturated carbocycles. The van der Waals surface area contributed by atoms with Gasteiger partial charge in [0.1, 0.15) is 0 Å². The molecule has 0 unspecified atom stereocenters. The van der Waals surface area contributed by atoms with Crippen LogP contribution in [0, 0.1) is 0 Å². The Balaban J connectivity index is 0.000001000. The molecule has 0 N–H and O–H groups in total. The molecule has 1 rings (SSSR count). The second-order valence-electron chi connectivity index (χ2n) is 1.86. The zero-order valence-corrected chi connectivity index (χ0v) is 9.63. The fourth-order valence-corrected chi connectivity index (χ4v) is 0.692. The predicted molar refractivity (Wildman–Crippen MR) is 43.5 cm³/mol. The first kappa shape index (κ1) is 10.6. The van der Waals surface area contributed by atoms with Gasteiger partial charge < -0.3 is 4.74 Å². The summed E-state index contributed by atoms with van der Waals surface area (Å²) in [7, 11) is 1.37. The summed E-state index contributed by atoms with van der Waals surface area (Å²) in [6.07, 6.45) is 0. The number of esters is 1. The fraction of sp³-hybridized carbons (Fsp3) is 0.125. The normalized spacial score (nSPS) is 8.09. The summed E-state index contributed by atoms with van der Waals surface area (Å²) in [5, 5.41) is 0. The van der Waals surface area contributed by atoms with Crippen LogP contribution in [-0.4, -0.2) is 39.3 Å². The van der Waals surface area contributed by atoms with E-state index in [1.54, 1.807) is 24.3 Å². The van der Waals surface area contributed by atoms with Gasteiger partial charge in [-0.1, -0.05) is 18.2 Å². The van der Waals surface area contributed by atoms with E-state index in [9.17, 15) is 4.79 Å². The van der Waals surface area contributed by atoms with Crippen molar-refractivity contribution in [1.29, 1.82) is 0 Å². The number of ether oxygens (including phenoxy) is 1. The minimum atomic E-state index is -0.291. The molecule has 0 aliphatic carbocycles. The van der Waals surface area contributed by atoms with Gasteiger partial charge >= 0.3 is 5.97 Å². The molecule has 2 nitrogen and oxygen atoms in total. The summed E-state index contributed by atoms with van der Waals surface area (Å²) in [6, 6.07) is 8.88. The molecule has 0 atom stereocenters. The van der Waals surface area contributed by atoms with Gasteiger partial charge in [-0.3, -0.25) is 0 Å². The van der Waals surface area contributed by atoms with Crippen molar-refractivity contribution in [2.24, 2.45) is 0 Å². The molecule has 1 aromatic carbocycles. The van der Waals surface area contributed by atoms with Gasteiger partial charge in [0.05, 0.1) is 12.7 Å². The number of carbonyl (C=O) groups is 1. The zero-order valence-electron chi connectivity index (χ0n) is 6.15. The standard InChI is InChI=1S/C8H8O2.Bi/c1-10-8(9)7-5-3-2-4-6-7;/h2-6H,1H3;. The van der Waals surface area contributed by atoms with Crippen LogP contribution in [0.1, 0.15) is 10.4 Å². The Labute approximate surface area is 84.7 Å². The smallest absolute Gasteiger partial charge is 0.337 e. The van der Waals surface area contributed by atoms with Crippen molar-refractivity contribution in [3.8, 4) is 0 Å². The average molecular weight is 345 g/mol. The summed E-state index contributed by atoms with van der Waals surface area (Å²) < 4.78 is 4.50. The quantitative estimate of drug-likeness (QED) is 0.563. The summed E-state index contributed by atoms with van der Waals surface area (Å²) in [5.41, 5.74) is 0.588. The molecule has 0 aromatic heterocycles. The largest absolute Gasteiger partial charge is 0.465 e. The van der Waals surface area contributed by atoms with Crippen LogP contribution >= 0.6 is 0 Å². The molecule has 3 heteroatoms. The van der Waals surface area contributed by atoms with Gasteiger partial charge in [-0.05, 0) is 12.1 Å². The van der Waals surface area contributed by atoms with Crippen LogP contribution in [0.15, 0.2) is 30.3 Å². The van der Waals surface area contributed by atoms with Gasteiger partial charge in [0.2, 0.25) is 0 Å². The van der Waals surface area contributed by atoms with E-state index in [-0.39, 0.29) is 32.2 Å². The molecular weight excluding hydrogens is 337 g/mol. The van der Waals surface area contributed by atoms with E-state index in [0.717, 1.165) is 0 Å². The van der Waals surface area contributed by atoms with Crippen molar-refractivity contribution in [2.45, 2.75) is 0 Å². The third-order valence-corrected chi connectivity index (χ3v) is 1.19. The Morgan fingerprint density at radius 3 is 2.27 bits per heavy atom. The molecule has 3 radical (unpaired) electrons. The molecule has 1 aromatic rings. The van der Waals surface area contributed by atoms with Crippen LogP contribution < -0.4 is 0 Å². The van der Waals surface area contributed by atoms with Crippen LogP contribution in [0.5, 0.6) is 0 Å². The van der Waals surface area contributed by atoms with Crippen LogP contribution in [-0.2, 0) is 4.74 Å². The van der Waals surface area contributed by atoms with E-state index >= 15 is 0 Å². The van der Waals surface area contributed by atoms with Crippen molar-refractivity contribution in [2.75, 3.05) is 7.11 Å². The maximum absolute atomic E-state index is 10.8. The molecule has 0 aliphatic rings. The van der Waals surface area contributed by atoms with Crippen LogP contribution in [0.3, 0.4) is 0 Å². The third-order valence-electron chi connectivity index (χ3n) is 1.19. The van der Waals surface area contributed by atoms with Gasteiger partial charge in [0.15, 0.2) is 0 Å². The first-order valence-electron chi connectivity index (χ1n) is 2.98. The molecule has 57 valence electrons. The predicted octanol–water partition coefficient (Wildman–Crippen LogP) is 1.09. The molecule has 0 aliphatic heterocycles. The summed E-state index contributed by atoms with van der Waals surface area (Å²) >= 11 is 0. The Hall–Kier alpha value is -0.427. The number of carbonyl (C=O) groups excluding carboxylic acids is 1. The molecule has 0 bridgehead atoms. The average Bonchev–Trinajstić information content (AvgIpc) is 2.05. The number of benzene rings is 1. The number of hydrogen-bond acceptors (Lipinski definition) is 2. The van der Waals surface area contributed by atoms with Crippen LogP contribution in [0.4, 0.5) is 0 Å². The SMILES string of the molecule is COC(=O)c1ccccc1.[Bi]. The van der Waals surface area contributed by atoms with Crippen molar-refractivity contribution in [3.05, 3.63) is 35.9 Å². The van der Waals surface area contributed by atoms with Crippen LogP contribution in [0.2, 0.25) is 0 Å². The Kier molecular flexibility index (Phi) is 5.05. The van der Waals surface area contributed by atoms with Gasteiger partial charge in [0, 0.05) is 26.2 Å². The molecule has 0 saturated heterocycles. The second-order valence-corrected chi connectivity index (χ2v) is 1.86. The fourth-order valence-electron chi connectivity index (χ4n) is 0.692. The van der Waals surface area contributed by atoms with Gasteiger partial charge in [-0.2, -0.15) is 0 Å². The minimum Gasteiger partial charge on any atom is -0.465 e. The summed E-state index contributed by atoms with van der Waals surface area (Å²) in [6.45, 7) is 0. The van der Waals surface area contributed by atoms with Crippen molar-refractivity contribution >= 4 is 32.2 Å². The van der Waals surface area contributed by atoms with E-state index in [4.69, 9.17) is 0 Å². The topological polar surface area (TPSA) is 26.3 Å². The first-order valence-corrected chi connectivity index (χ1v) is 2.98. The molecule has 0 spiro atoms. The van der Waals surface area contributed by atoms with Gasteiger partial charge in [-0.25, -0.2) is 4.79 Å². The van der Waals surface area contributed by atoms with Crippen molar-refractivity contribution in [3.63, 3.8) is 0 Å². The molecule has 0 heterocycles. The number of hydrogen-bond donors (Lipinski definition) is 0. The van der Waals surface area contributed by atoms with E-state index in [0.29, 0.717) is 5.56 Å². The van der Waals surface area contributed by atoms with Gasteiger partial charge in [0.25, 0.3) is 0 Å². The molecular formula is C8H8BiO2. The van der Waals surface area contributed by atoms with E-state index in [1.165, 1.54) is 7.11 Å².